The second-order valence-electron chi connectivity index (χ2n) is 7.12. The van der Waals surface area contributed by atoms with E-state index in [2.05, 4.69) is 31.2 Å². The molecule has 1 saturated carbocycles. The van der Waals surface area contributed by atoms with Gasteiger partial charge in [0, 0.05) is 45.1 Å². The van der Waals surface area contributed by atoms with Gasteiger partial charge < -0.3 is 14.4 Å². The topological polar surface area (TPSA) is 68.0 Å². The standard InChI is InChI=1S/C17H24N6O2/c1-2-13(1)14-11-15(17-19-18-12-23(17)20-14)22-7-5-21(6-8-22)4-3-16-24-9-10-25-16/h11-13,16H,1-10H2. The zero-order valence-corrected chi connectivity index (χ0v) is 14.4. The van der Waals surface area contributed by atoms with E-state index in [1.54, 1.807) is 6.33 Å². The number of hydrogen-bond acceptors (Lipinski definition) is 7. The molecule has 0 atom stereocenters. The van der Waals surface area contributed by atoms with E-state index < -0.39 is 0 Å². The lowest BCUT2D eigenvalue weighted by Gasteiger charge is -2.36. The van der Waals surface area contributed by atoms with Crippen LogP contribution in [0.15, 0.2) is 12.4 Å². The third-order valence-electron chi connectivity index (χ3n) is 5.35. The third-order valence-corrected chi connectivity index (χ3v) is 5.35. The maximum atomic E-state index is 5.53. The summed E-state index contributed by atoms with van der Waals surface area (Å²) >= 11 is 0. The van der Waals surface area contributed by atoms with Gasteiger partial charge in [0.25, 0.3) is 0 Å². The maximum Gasteiger partial charge on any atom is 0.200 e. The van der Waals surface area contributed by atoms with Crippen LogP contribution in [-0.2, 0) is 9.47 Å². The van der Waals surface area contributed by atoms with Gasteiger partial charge in [-0.15, -0.1) is 10.2 Å². The van der Waals surface area contributed by atoms with Gasteiger partial charge in [-0.25, -0.2) is 0 Å². The number of fused-ring (bicyclic) bond motifs is 1. The number of ether oxygens (including phenoxy) is 2. The molecule has 8 nitrogen and oxygen atoms in total. The summed E-state index contributed by atoms with van der Waals surface area (Å²) in [6.45, 7) is 6.60. The Kier molecular flexibility index (Phi) is 4.03. The molecule has 1 aliphatic carbocycles. The molecule has 3 fully saturated rings. The minimum absolute atomic E-state index is 0.00468. The molecule has 2 aromatic rings. The van der Waals surface area contributed by atoms with E-state index >= 15 is 0 Å². The lowest BCUT2D eigenvalue weighted by molar-refractivity contribution is -0.0516. The van der Waals surface area contributed by atoms with Crippen LogP contribution in [0.4, 0.5) is 5.69 Å². The highest BCUT2D eigenvalue weighted by Gasteiger charge is 2.28. The first-order valence-electron chi connectivity index (χ1n) is 9.28. The molecule has 134 valence electrons. The highest BCUT2D eigenvalue weighted by Crippen LogP contribution is 2.40. The Labute approximate surface area is 146 Å². The zero-order chi connectivity index (χ0) is 16.6. The quantitative estimate of drug-likeness (QED) is 0.798. The van der Waals surface area contributed by atoms with Crippen LogP contribution in [0.1, 0.15) is 30.9 Å². The van der Waals surface area contributed by atoms with Crippen molar-refractivity contribution in [2.75, 3.05) is 50.8 Å². The molecule has 0 amide bonds. The molecule has 0 radical (unpaired) electrons. The summed E-state index contributed by atoms with van der Waals surface area (Å²) in [7, 11) is 0. The molecule has 25 heavy (non-hydrogen) atoms. The van der Waals surface area contributed by atoms with Gasteiger partial charge in [0.05, 0.1) is 24.6 Å². The van der Waals surface area contributed by atoms with E-state index in [9.17, 15) is 0 Å². The van der Waals surface area contributed by atoms with Crippen molar-refractivity contribution < 1.29 is 9.47 Å². The summed E-state index contributed by atoms with van der Waals surface area (Å²) < 4.78 is 12.9. The second-order valence-corrected chi connectivity index (χ2v) is 7.12. The fourth-order valence-electron chi connectivity index (χ4n) is 3.72. The summed E-state index contributed by atoms with van der Waals surface area (Å²) in [6.07, 6.45) is 5.16. The molecule has 0 unspecified atom stereocenters. The molecule has 2 aliphatic heterocycles. The lowest BCUT2D eigenvalue weighted by Crippen LogP contribution is -2.47. The minimum Gasteiger partial charge on any atom is -0.366 e. The summed E-state index contributed by atoms with van der Waals surface area (Å²) in [6, 6.07) is 2.23. The summed E-state index contributed by atoms with van der Waals surface area (Å²) in [5, 5.41) is 13.0. The highest BCUT2D eigenvalue weighted by molar-refractivity contribution is 5.68. The largest absolute Gasteiger partial charge is 0.366 e. The predicted octanol–water partition coefficient (Wildman–Crippen LogP) is 0.887. The highest BCUT2D eigenvalue weighted by atomic mass is 16.7. The molecule has 5 rings (SSSR count). The molecule has 0 bridgehead atoms. The van der Waals surface area contributed by atoms with Gasteiger partial charge in [-0.2, -0.15) is 9.61 Å². The monoisotopic (exact) mass is 344 g/mol. The molecular formula is C17H24N6O2. The van der Waals surface area contributed by atoms with E-state index in [1.807, 2.05) is 4.52 Å². The number of piperazine rings is 1. The normalized spacial score (nSPS) is 23.0. The Hall–Kier alpha value is -1.77. The molecule has 4 heterocycles. The van der Waals surface area contributed by atoms with Gasteiger partial charge in [-0.3, -0.25) is 4.90 Å². The summed E-state index contributed by atoms with van der Waals surface area (Å²) in [4.78, 5) is 4.92. The van der Waals surface area contributed by atoms with Crippen LogP contribution in [0, 0.1) is 0 Å². The molecule has 0 N–H and O–H groups in total. The van der Waals surface area contributed by atoms with E-state index in [0.717, 1.165) is 58.0 Å². The number of aromatic nitrogens is 4. The Balaban J connectivity index is 1.25. The van der Waals surface area contributed by atoms with Gasteiger partial charge in [-0.1, -0.05) is 0 Å². The summed E-state index contributed by atoms with van der Waals surface area (Å²) in [5.74, 6) is 0.623. The Morgan fingerprint density at radius 2 is 1.88 bits per heavy atom. The van der Waals surface area contributed by atoms with Gasteiger partial charge in [0.1, 0.15) is 6.33 Å². The van der Waals surface area contributed by atoms with Crippen molar-refractivity contribution in [3.8, 4) is 0 Å². The Bertz CT molecular complexity index is 732. The van der Waals surface area contributed by atoms with Crippen LogP contribution in [0.2, 0.25) is 0 Å². The minimum atomic E-state index is -0.00468. The van der Waals surface area contributed by atoms with Crippen molar-refractivity contribution in [3.05, 3.63) is 18.1 Å². The van der Waals surface area contributed by atoms with Crippen molar-refractivity contribution in [1.29, 1.82) is 0 Å². The fraction of sp³-hybridized carbons (Fsp3) is 0.706. The van der Waals surface area contributed by atoms with Gasteiger partial charge >= 0.3 is 0 Å². The molecule has 8 heteroatoms. The van der Waals surface area contributed by atoms with Crippen LogP contribution in [0.3, 0.4) is 0 Å². The van der Waals surface area contributed by atoms with Crippen molar-refractivity contribution in [2.24, 2.45) is 0 Å². The molecule has 2 aromatic heterocycles. The number of anilines is 1. The number of rotatable bonds is 5. The van der Waals surface area contributed by atoms with E-state index in [0.29, 0.717) is 5.92 Å². The molecule has 2 saturated heterocycles. The van der Waals surface area contributed by atoms with Crippen molar-refractivity contribution >= 4 is 11.3 Å². The third kappa shape index (κ3) is 3.21. The average Bonchev–Trinajstić information content (AvgIpc) is 3.17. The Morgan fingerprint density at radius 1 is 1.08 bits per heavy atom. The van der Waals surface area contributed by atoms with E-state index in [4.69, 9.17) is 9.47 Å². The maximum absolute atomic E-state index is 5.53. The predicted molar refractivity (Wildman–Crippen MR) is 91.7 cm³/mol. The molecule has 3 aliphatic rings. The van der Waals surface area contributed by atoms with Crippen LogP contribution in [-0.4, -0.2) is 76.9 Å². The molecular weight excluding hydrogens is 320 g/mol. The molecule has 0 spiro atoms. The van der Waals surface area contributed by atoms with Crippen LogP contribution in [0.25, 0.3) is 5.65 Å². The summed E-state index contributed by atoms with van der Waals surface area (Å²) in [5.41, 5.74) is 3.22. The van der Waals surface area contributed by atoms with Gasteiger partial charge in [-0.05, 0) is 18.9 Å². The van der Waals surface area contributed by atoms with E-state index in [1.165, 1.54) is 24.2 Å². The first kappa shape index (κ1) is 15.5. The first-order valence-corrected chi connectivity index (χ1v) is 9.28. The van der Waals surface area contributed by atoms with Gasteiger partial charge in [0.15, 0.2) is 6.29 Å². The molecule has 0 aromatic carbocycles. The second kappa shape index (κ2) is 6.51. The smallest absolute Gasteiger partial charge is 0.200 e. The van der Waals surface area contributed by atoms with Crippen molar-refractivity contribution in [2.45, 2.75) is 31.5 Å². The van der Waals surface area contributed by atoms with Crippen LogP contribution >= 0.6 is 0 Å². The SMILES string of the molecule is c1c(C2CC2)nn2cnnc2c1N1CCN(CCC2OCCO2)CC1. The van der Waals surface area contributed by atoms with Gasteiger partial charge in [0.2, 0.25) is 5.65 Å². The Morgan fingerprint density at radius 3 is 2.64 bits per heavy atom. The fourth-order valence-corrected chi connectivity index (χ4v) is 3.72. The number of nitrogens with zero attached hydrogens (tertiary/aromatic N) is 6. The first-order chi connectivity index (χ1) is 12.4. The van der Waals surface area contributed by atoms with Crippen LogP contribution in [0.5, 0.6) is 0 Å². The van der Waals surface area contributed by atoms with Crippen LogP contribution < -0.4 is 4.90 Å². The van der Waals surface area contributed by atoms with Crippen molar-refractivity contribution in [1.82, 2.24) is 24.7 Å². The number of hydrogen-bond donors (Lipinski definition) is 0. The average molecular weight is 344 g/mol. The van der Waals surface area contributed by atoms with E-state index in [-0.39, 0.29) is 6.29 Å². The zero-order valence-electron chi connectivity index (χ0n) is 14.4. The lowest BCUT2D eigenvalue weighted by atomic mass is 10.2. The van der Waals surface area contributed by atoms with Crippen molar-refractivity contribution in [3.63, 3.8) is 0 Å².